The zero-order chi connectivity index (χ0) is 15.0. The molecule has 0 bridgehead atoms. The summed E-state index contributed by atoms with van der Waals surface area (Å²) in [6.45, 7) is 0. The van der Waals surface area contributed by atoms with Gasteiger partial charge in [-0.15, -0.1) is 0 Å². The van der Waals surface area contributed by atoms with Crippen LogP contribution in [0.15, 0.2) is 42.5 Å². The predicted molar refractivity (Wildman–Crippen MR) is 85.0 cm³/mol. The highest BCUT2D eigenvalue weighted by Crippen LogP contribution is 2.31. The van der Waals surface area contributed by atoms with E-state index >= 15 is 0 Å². The van der Waals surface area contributed by atoms with E-state index in [0.717, 1.165) is 0 Å². The summed E-state index contributed by atoms with van der Waals surface area (Å²) in [6, 6.07) is 12.0. The SMILES string of the molecule is CNC(=S)Nc1cccc2c1C(=O)c1ccccc1C2=O. The van der Waals surface area contributed by atoms with Gasteiger partial charge in [0.15, 0.2) is 16.7 Å². The highest BCUT2D eigenvalue weighted by Gasteiger charge is 2.31. The summed E-state index contributed by atoms with van der Waals surface area (Å²) < 4.78 is 0. The first kappa shape index (κ1) is 13.5. The molecular formula is C16H12N2O2S. The summed E-state index contributed by atoms with van der Waals surface area (Å²) in [5.41, 5.74) is 2.20. The molecule has 0 saturated carbocycles. The number of carbonyl (C=O) groups is 2. The third-order valence-corrected chi connectivity index (χ3v) is 3.73. The van der Waals surface area contributed by atoms with Crippen molar-refractivity contribution in [3.8, 4) is 0 Å². The van der Waals surface area contributed by atoms with E-state index in [0.29, 0.717) is 33.1 Å². The number of ketones is 2. The zero-order valence-corrected chi connectivity index (χ0v) is 12.1. The van der Waals surface area contributed by atoms with Crippen molar-refractivity contribution in [3.05, 3.63) is 64.7 Å². The second kappa shape index (κ2) is 5.10. The first-order chi connectivity index (χ1) is 10.1. The second-order valence-electron chi connectivity index (χ2n) is 4.64. The van der Waals surface area contributed by atoms with Gasteiger partial charge in [-0.1, -0.05) is 36.4 Å². The lowest BCUT2D eigenvalue weighted by atomic mass is 9.83. The highest BCUT2D eigenvalue weighted by molar-refractivity contribution is 7.80. The van der Waals surface area contributed by atoms with E-state index in [1.807, 2.05) is 0 Å². The number of fused-ring (bicyclic) bond motifs is 2. The molecule has 0 fully saturated rings. The van der Waals surface area contributed by atoms with Crippen LogP contribution >= 0.6 is 12.2 Å². The molecule has 0 aromatic heterocycles. The molecule has 1 aliphatic carbocycles. The van der Waals surface area contributed by atoms with Crippen LogP contribution in [0.1, 0.15) is 31.8 Å². The molecule has 4 nitrogen and oxygen atoms in total. The third-order valence-electron chi connectivity index (χ3n) is 3.43. The molecule has 0 unspecified atom stereocenters. The summed E-state index contributed by atoms with van der Waals surface area (Å²) in [5.74, 6) is -0.304. The number of hydrogen-bond acceptors (Lipinski definition) is 3. The summed E-state index contributed by atoms with van der Waals surface area (Å²) >= 11 is 5.07. The number of rotatable bonds is 1. The molecule has 2 aromatic rings. The lowest BCUT2D eigenvalue weighted by molar-refractivity contribution is 0.0979. The van der Waals surface area contributed by atoms with E-state index in [2.05, 4.69) is 10.6 Å². The fourth-order valence-electron chi connectivity index (χ4n) is 2.43. The van der Waals surface area contributed by atoms with Crippen LogP contribution < -0.4 is 10.6 Å². The molecule has 5 heteroatoms. The molecule has 2 N–H and O–H groups in total. The van der Waals surface area contributed by atoms with Crippen LogP contribution in [-0.4, -0.2) is 23.7 Å². The lowest BCUT2D eigenvalue weighted by Crippen LogP contribution is -2.27. The van der Waals surface area contributed by atoms with Crippen molar-refractivity contribution in [3.63, 3.8) is 0 Å². The molecule has 0 atom stereocenters. The molecule has 1 aliphatic rings. The molecule has 0 aliphatic heterocycles. The van der Waals surface area contributed by atoms with E-state index < -0.39 is 0 Å². The molecule has 0 saturated heterocycles. The number of thiocarbonyl (C=S) groups is 1. The average molecular weight is 296 g/mol. The van der Waals surface area contributed by atoms with Crippen LogP contribution in [0.3, 0.4) is 0 Å². The molecule has 0 spiro atoms. The first-order valence-electron chi connectivity index (χ1n) is 6.43. The number of anilines is 1. The van der Waals surface area contributed by atoms with Gasteiger partial charge in [-0.25, -0.2) is 0 Å². The van der Waals surface area contributed by atoms with Gasteiger partial charge in [-0.3, -0.25) is 9.59 Å². The van der Waals surface area contributed by atoms with E-state index in [9.17, 15) is 9.59 Å². The smallest absolute Gasteiger partial charge is 0.196 e. The topological polar surface area (TPSA) is 58.2 Å². The Hall–Kier alpha value is -2.53. The summed E-state index contributed by atoms with van der Waals surface area (Å²) in [4.78, 5) is 25.2. The van der Waals surface area contributed by atoms with Gasteiger partial charge in [0.2, 0.25) is 0 Å². The quantitative estimate of drug-likeness (QED) is 0.675. The fraction of sp³-hybridized carbons (Fsp3) is 0.0625. The third kappa shape index (κ3) is 2.11. The minimum Gasteiger partial charge on any atom is -0.366 e. The maximum atomic E-state index is 12.7. The van der Waals surface area contributed by atoms with Gasteiger partial charge in [0.1, 0.15) is 0 Å². The Kier molecular flexibility index (Phi) is 3.27. The molecule has 0 heterocycles. The molecule has 104 valence electrons. The van der Waals surface area contributed by atoms with Gasteiger partial charge in [0.05, 0.1) is 11.3 Å². The lowest BCUT2D eigenvalue weighted by Gasteiger charge is -2.20. The zero-order valence-electron chi connectivity index (χ0n) is 11.3. The van der Waals surface area contributed by atoms with Crippen molar-refractivity contribution in [1.29, 1.82) is 0 Å². The maximum absolute atomic E-state index is 12.7. The molecule has 2 aromatic carbocycles. The van der Waals surface area contributed by atoms with Gasteiger partial charge >= 0.3 is 0 Å². The van der Waals surface area contributed by atoms with Gasteiger partial charge in [0.25, 0.3) is 0 Å². The van der Waals surface area contributed by atoms with Crippen molar-refractivity contribution >= 4 is 34.6 Å². The van der Waals surface area contributed by atoms with Crippen LogP contribution in [0.4, 0.5) is 5.69 Å². The average Bonchev–Trinajstić information content (AvgIpc) is 2.52. The second-order valence-corrected chi connectivity index (χ2v) is 5.04. The van der Waals surface area contributed by atoms with Gasteiger partial charge < -0.3 is 10.6 Å². The summed E-state index contributed by atoms with van der Waals surface area (Å²) in [7, 11) is 1.69. The Balaban J connectivity index is 2.19. The fourth-order valence-corrected chi connectivity index (χ4v) is 2.54. The Morgan fingerprint density at radius 2 is 1.52 bits per heavy atom. The molecule has 0 amide bonds. The minimum atomic E-state index is -0.165. The van der Waals surface area contributed by atoms with E-state index in [-0.39, 0.29) is 11.6 Å². The number of hydrogen-bond donors (Lipinski definition) is 2. The first-order valence-corrected chi connectivity index (χ1v) is 6.84. The number of benzene rings is 2. The van der Waals surface area contributed by atoms with Crippen molar-refractivity contribution < 1.29 is 9.59 Å². The van der Waals surface area contributed by atoms with Crippen LogP contribution in [0, 0.1) is 0 Å². The van der Waals surface area contributed by atoms with Gasteiger partial charge in [-0.2, -0.15) is 0 Å². The van der Waals surface area contributed by atoms with Gasteiger partial charge in [-0.05, 0) is 18.3 Å². The Labute approximate surface area is 127 Å². The van der Waals surface area contributed by atoms with Crippen molar-refractivity contribution in [2.45, 2.75) is 0 Å². The predicted octanol–water partition coefficient (Wildman–Crippen LogP) is 2.38. The molecule has 3 rings (SSSR count). The summed E-state index contributed by atoms with van der Waals surface area (Å²) in [6.07, 6.45) is 0. The minimum absolute atomic E-state index is 0.140. The van der Waals surface area contributed by atoms with Crippen molar-refractivity contribution in [2.75, 3.05) is 12.4 Å². The molecular weight excluding hydrogens is 284 g/mol. The number of nitrogens with one attached hydrogen (secondary N) is 2. The maximum Gasteiger partial charge on any atom is 0.196 e. The van der Waals surface area contributed by atoms with Crippen LogP contribution in [0.5, 0.6) is 0 Å². The molecule has 21 heavy (non-hydrogen) atoms. The van der Waals surface area contributed by atoms with Crippen LogP contribution in [0.2, 0.25) is 0 Å². The monoisotopic (exact) mass is 296 g/mol. The van der Waals surface area contributed by atoms with Crippen LogP contribution in [-0.2, 0) is 0 Å². The van der Waals surface area contributed by atoms with Crippen molar-refractivity contribution in [2.24, 2.45) is 0 Å². The van der Waals surface area contributed by atoms with Gasteiger partial charge in [0, 0.05) is 23.7 Å². The van der Waals surface area contributed by atoms with E-state index in [4.69, 9.17) is 12.2 Å². The standard InChI is InChI=1S/C16H12N2O2S/c1-17-16(21)18-12-8-4-7-11-13(12)15(20)10-6-3-2-5-9(10)14(11)19/h2-8H,1H3,(H2,17,18,21). The normalized spacial score (nSPS) is 12.4. The Bertz CT molecular complexity index is 784. The molecule has 0 radical (unpaired) electrons. The Morgan fingerprint density at radius 3 is 2.19 bits per heavy atom. The van der Waals surface area contributed by atoms with Crippen LogP contribution in [0.25, 0.3) is 0 Å². The number of carbonyl (C=O) groups excluding carboxylic acids is 2. The summed E-state index contributed by atoms with van der Waals surface area (Å²) in [5, 5.41) is 6.13. The highest BCUT2D eigenvalue weighted by atomic mass is 32.1. The van der Waals surface area contributed by atoms with E-state index in [1.165, 1.54) is 0 Å². The largest absolute Gasteiger partial charge is 0.366 e. The van der Waals surface area contributed by atoms with E-state index in [1.54, 1.807) is 49.5 Å². The van der Waals surface area contributed by atoms with Crippen molar-refractivity contribution in [1.82, 2.24) is 5.32 Å². The Morgan fingerprint density at radius 1 is 0.905 bits per heavy atom.